The van der Waals surface area contributed by atoms with Crippen LogP contribution in [0.25, 0.3) is 0 Å². The molecule has 0 spiro atoms. The largest absolute Gasteiger partial charge is 0.490 e. The summed E-state index contributed by atoms with van der Waals surface area (Å²) in [6.45, 7) is 3.92. The lowest BCUT2D eigenvalue weighted by Gasteiger charge is -2.16. The smallest absolute Gasteiger partial charge is 0.180 e. The molecule has 0 aliphatic heterocycles. The average Bonchev–Trinajstić information content (AvgIpc) is 3.16. The fourth-order valence-electron chi connectivity index (χ4n) is 2.64. The number of hydrogen-bond donors (Lipinski definition) is 1. The lowest BCUT2D eigenvalue weighted by molar-refractivity contribution is 0.266. The molecule has 0 atom stereocenters. The Bertz CT molecular complexity index is 871. The van der Waals surface area contributed by atoms with Crippen LogP contribution in [0.5, 0.6) is 11.5 Å². The molecule has 0 aliphatic rings. The van der Waals surface area contributed by atoms with Gasteiger partial charge in [0.25, 0.3) is 0 Å². The molecule has 0 unspecified atom stereocenters. The number of benzene rings is 2. The third-order valence-electron chi connectivity index (χ3n) is 3.91. The maximum atomic E-state index is 13.8. The minimum absolute atomic E-state index is 0.0858. The third kappa shape index (κ3) is 5.45. The molecule has 0 radical (unpaired) electrons. The van der Waals surface area contributed by atoms with Crippen molar-refractivity contribution in [2.75, 3.05) is 6.61 Å². The molecule has 142 valence electrons. The van der Waals surface area contributed by atoms with Crippen LogP contribution in [-0.2, 0) is 19.7 Å². The summed E-state index contributed by atoms with van der Waals surface area (Å²) in [7, 11) is 0. The van der Waals surface area contributed by atoms with Crippen molar-refractivity contribution in [2.45, 2.75) is 26.6 Å². The van der Waals surface area contributed by atoms with E-state index in [1.165, 1.54) is 10.9 Å². The van der Waals surface area contributed by atoms with Crippen molar-refractivity contribution in [3.05, 3.63) is 80.8 Å². The molecule has 1 heterocycles. The van der Waals surface area contributed by atoms with Crippen LogP contribution in [0, 0.1) is 5.82 Å². The Morgan fingerprint density at radius 2 is 1.93 bits per heavy atom. The normalized spacial score (nSPS) is 10.8. The van der Waals surface area contributed by atoms with Gasteiger partial charge in [0, 0.05) is 23.5 Å². The number of rotatable bonds is 9. The summed E-state index contributed by atoms with van der Waals surface area (Å²) in [6.07, 6.45) is 0. The van der Waals surface area contributed by atoms with Crippen LogP contribution in [0.1, 0.15) is 22.9 Å². The standard InChI is InChI=1S/C21H21ClFNO2S/c1-2-25-20-11-15(12-24-13-17-7-5-9-27-17)10-18(22)21(20)26-14-16-6-3-4-8-19(16)23/h3-11,24H,2,12-14H2,1H3. The zero-order chi connectivity index (χ0) is 19.1. The molecule has 3 rings (SSSR count). The van der Waals surface area contributed by atoms with Gasteiger partial charge in [0.1, 0.15) is 12.4 Å². The number of nitrogens with one attached hydrogen (secondary N) is 1. The van der Waals surface area contributed by atoms with Gasteiger partial charge < -0.3 is 14.8 Å². The van der Waals surface area contributed by atoms with Crippen LogP contribution >= 0.6 is 22.9 Å². The first-order chi connectivity index (χ1) is 13.2. The summed E-state index contributed by atoms with van der Waals surface area (Å²) in [5.74, 6) is 0.694. The van der Waals surface area contributed by atoms with Crippen molar-refractivity contribution in [1.82, 2.24) is 5.32 Å². The van der Waals surface area contributed by atoms with Crippen LogP contribution in [0.2, 0.25) is 5.02 Å². The van der Waals surface area contributed by atoms with E-state index in [2.05, 4.69) is 16.8 Å². The Morgan fingerprint density at radius 3 is 2.67 bits per heavy atom. The molecule has 2 aromatic carbocycles. The van der Waals surface area contributed by atoms with Gasteiger partial charge in [0.15, 0.2) is 11.5 Å². The fraction of sp³-hybridized carbons (Fsp3) is 0.238. The van der Waals surface area contributed by atoms with Crippen molar-refractivity contribution in [1.29, 1.82) is 0 Å². The SMILES string of the molecule is CCOc1cc(CNCc2cccs2)cc(Cl)c1OCc1ccccc1F. The highest BCUT2D eigenvalue weighted by molar-refractivity contribution is 7.09. The van der Waals surface area contributed by atoms with Gasteiger partial charge in [-0.2, -0.15) is 0 Å². The Hall–Kier alpha value is -2.08. The van der Waals surface area contributed by atoms with Gasteiger partial charge in [-0.1, -0.05) is 35.9 Å². The van der Waals surface area contributed by atoms with Gasteiger partial charge in [-0.3, -0.25) is 0 Å². The predicted molar refractivity (Wildman–Crippen MR) is 108 cm³/mol. The Balaban J connectivity index is 1.70. The van der Waals surface area contributed by atoms with Gasteiger partial charge in [0.2, 0.25) is 0 Å². The lowest BCUT2D eigenvalue weighted by atomic mass is 10.2. The van der Waals surface area contributed by atoms with Gasteiger partial charge >= 0.3 is 0 Å². The van der Waals surface area contributed by atoms with E-state index in [0.29, 0.717) is 35.2 Å². The summed E-state index contributed by atoms with van der Waals surface area (Å²) in [5, 5.41) is 5.90. The number of hydrogen-bond acceptors (Lipinski definition) is 4. The monoisotopic (exact) mass is 405 g/mol. The molecule has 0 aliphatic carbocycles. The van der Waals surface area contributed by atoms with Gasteiger partial charge in [-0.05, 0) is 42.1 Å². The molecule has 3 aromatic rings. The summed E-state index contributed by atoms with van der Waals surface area (Å²) in [5.41, 5.74) is 1.47. The molecule has 1 aromatic heterocycles. The van der Waals surface area contributed by atoms with Crippen LogP contribution in [-0.4, -0.2) is 6.61 Å². The van der Waals surface area contributed by atoms with E-state index < -0.39 is 0 Å². The molecule has 27 heavy (non-hydrogen) atoms. The average molecular weight is 406 g/mol. The van der Waals surface area contributed by atoms with Gasteiger partial charge in [0.05, 0.1) is 11.6 Å². The second-order valence-corrected chi connectivity index (χ2v) is 7.34. The fourth-order valence-corrected chi connectivity index (χ4v) is 3.60. The van der Waals surface area contributed by atoms with Crippen molar-refractivity contribution < 1.29 is 13.9 Å². The van der Waals surface area contributed by atoms with Crippen LogP contribution < -0.4 is 14.8 Å². The molecule has 6 heteroatoms. The molecule has 0 saturated carbocycles. The van der Waals surface area contributed by atoms with Crippen LogP contribution in [0.4, 0.5) is 4.39 Å². The molecule has 0 amide bonds. The zero-order valence-corrected chi connectivity index (χ0v) is 16.6. The van der Waals surface area contributed by atoms with Crippen molar-refractivity contribution >= 4 is 22.9 Å². The highest BCUT2D eigenvalue weighted by Crippen LogP contribution is 2.37. The highest BCUT2D eigenvalue weighted by Gasteiger charge is 2.14. The second-order valence-electron chi connectivity index (χ2n) is 5.90. The first-order valence-electron chi connectivity index (χ1n) is 8.72. The van der Waals surface area contributed by atoms with E-state index >= 15 is 0 Å². The summed E-state index contributed by atoms with van der Waals surface area (Å²) >= 11 is 8.15. The minimum atomic E-state index is -0.305. The van der Waals surface area contributed by atoms with Crippen LogP contribution in [0.15, 0.2) is 53.9 Å². The first kappa shape index (κ1) is 19.7. The Labute approximate surface area is 167 Å². The first-order valence-corrected chi connectivity index (χ1v) is 9.97. The van der Waals surface area contributed by atoms with Crippen molar-refractivity contribution in [2.24, 2.45) is 0 Å². The van der Waals surface area contributed by atoms with E-state index in [1.807, 2.05) is 25.1 Å². The quantitative estimate of drug-likeness (QED) is 0.487. The predicted octanol–water partition coefficient (Wildman–Crippen LogP) is 5.81. The topological polar surface area (TPSA) is 30.5 Å². The van der Waals surface area contributed by atoms with Crippen molar-refractivity contribution in [3.8, 4) is 11.5 Å². The van der Waals surface area contributed by atoms with Crippen molar-refractivity contribution in [3.63, 3.8) is 0 Å². The molecular formula is C21H21ClFNO2S. The second kappa shape index (κ2) is 9.74. The Kier molecular flexibility index (Phi) is 7.10. The van der Waals surface area contributed by atoms with E-state index in [4.69, 9.17) is 21.1 Å². The molecule has 0 fully saturated rings. The maximum Gasteiger partial charge on any atom is 0.180 e. The lowest BCUT2D eigenvalue weighted by Crippen LogP contribution is -2.12. The molecule has 3 nitrogen and oxygen atoms in total. The van der Waals surface area contributed by atoms with E-state index in [0.717, 1.165) is 12.1 Å². The molecule has 1 N–H and O–H groups in total. The maximum absolute atomic E-state index is 13.8. The summed E-state index contributed by atoms with van der Waals surface area (Å²) in [4.78, 5) is 1.27. The third-order valence-corrected chi connectivity index (χ3v) is 5.06. The highest BCUT2D eigenvalue weighted by atomic mass is 35.5. The van der Waals surface area contributed by atoms with E-state index in [-0.39, 0.29) is 12.4 Å². The van der Waals surface area contributed by atoms with Gasteiger partial charge in [-0.25, -0.2) is 4.39 Å². The summed E-state index contributed by atoms with van der Waals surface area (Å²) < 4.78 is 25.3. The van der Waals surface area contributed by atoms with Crippen LogP contribution in [0.3, 0.4) is 0 Å². The Morgan fingerprint density at radius 1 is 1.07 bits per heavy atom. The van der Waals surface area contributed by atoms with E-state index in [1.54, 1.807) is 29.5 Å². The van der Waals surface area contributed by atoms with E-state index in [9.17, 15) is 4.39 Å². The zero-order valence-electron chi connectivity index (χ0n) is 15.0. The summed E-state index contributed by atoms with van der Waals surface area (Å²) in [6, 6.07) is 14.4. The number of ether oxygens (including phenoxy) is 2. The minimum Gasteiger partial charge on any atom is -0.490 e. The number of halogens is 2. The molecule has 0 saturated heterocycles. The number of thiophene rings is 1. The molecule has 0 bridgehead atoms. The molecular weight excluding hydrogens is 385 g/mol. The van der Waals surface area contributed by atoms with Gasteiger partial charge in [-0.15, -0.1) is 11.3 Å².